The van der Waals surface area contributed by atoms with E-state index < -0.39 is 0 Å². The van der Waals surface area contributed by atoms with Crippen LogP contribution in [0.4, 0.5) is 0 Å². The van der Waals surface area contributed by atoms with Crippen LogP contribution in [-0.2, 0) is 20.9 Å². The summed E-state index contributed by atoms with van der Waals surface area (Å²) in [6, 6.07) is 8.21. The van der Waals surface area contributed by atoms with Gasteiger partial charge < -0.3 is 9.47 Å². The van der Waals surface area contributed by atoms with Gasteiger partial charge in [-0.3, -0.25) is 0 Å². The van der Waals surface area contributed by atoms with Crippen molar-refractivity contribution in [2.24, 2.45) is 0 Å². The minimum atomic E-state index is -0.312. The van der Waals surface area contributed by atoms with Crippen molar-refractivity contribution >= 4 is 5.97 Å². The van der Waals surface area contributed by atoms with E-state index in [0.29, 0.717) is 19.1 Å². The molecular formula is C14H20O3. The molecule has 0 spiro atoms. The van der Waals surface area contributed by atoms with Gasteiger partial charge in [0.25, 0.3) is 0 Å². The van der Waals surface area contributed by atoms with Gasteiger partial charge in [0.1, 0.15) is 6.61 Å². The molecule has 0 aliphatic heterocycles. The summed E-state index contributed by atoms with van der Waals surface area (Å²) in [5.41, 5.74) is 2.36. The third-order valence-electron chi connectivity index (χ3n) is 2.41. The maximum absolute atomic E-state index is 11.1. The van der Waals surface area contributed by atoms with Crippen LogP contribution < -0.4 is 0 Å². The summed E-state index contributed by atoms with van der Waals surface area (Å²) in [4.78, 5) is 11.1. The Hall–Kier alpha value is -1.35. The summed E-state index contributed by atoms with van der Waals surface area (Å²) >= 11 is 0. The molecule has 1 rings (SSSR count). The summed E-state index contributed by atoms with van der Waals surface area (Å²) in [7, 11) is 0. The van der Waals surface area contributed by atoms with E-state index in [1.54, 1.807) is 6.92 Å². The number of hydrogen-bond donors (Lipinski definition) is 0. The maximum Gasteiger partial charge on any atom is 0.332 e. The molecule has 0 fully saturated rings. The lowest BCUT2D eigenvalue weighted by atomic mass is 10.0. The highest BCUT2D eigenvalue weighted by atomic mass is 16.6. The normalized spacial score (nSPS) is 10.6. The molecule has 0 saturated carbocycles. The van der Waals surface area contributed by atoms with Crippen molar-refractivity contribution in [2.45, 2.75) is 33.3 Å². The average molecular weight is 236 g/mol. The van der Waals surface area contributed by atoms with E-state index in [-0.39, 0.29) is 12.6 Å². The van der Waals surface area contributed by atoms with Crippen molar-refractivity contribution < 1.29 is 14.3 Å². The van der Waals surface area contributed by atoms with Gasteiger partial charge in [0, 0.05) is 0 Å². The van der Waals surface area contributed by atoms with Gasteiger partial charge in [0.05, 0.1) is 13.2 Å². The number of rotatable bonds is 6. The zero-order valence-electron chi connectivity index (χ0n) is 10.7. The van der Waals surface area contributed by atoms with Crippen LogP contribution in [0.25, 0.3) is 0 Å². The Morgan fingerprint density at radius 2 is 2.12 bits per heavy atom. The summed E-state index contributed by atoms with van der Waals surface area (Å²) in [6.45, 7) is 6.94. The fourth-order valence-corrected chi connectivity index (χ4v) is 1.50. The summed E-state index contributed by atoms with van der Waals surface area (Å²) in [6.07, 6.45) is 0. The Kier molecular flexibility index (Phi) is 5.70. The molecule has 0 N–H and O–H groups in total. The quantitative estimate of drug-likeness (QED) is 0.712. The third-order valence-corrected chi connectivity index (χ3v) is 2.41. The topological polar surface area (TPSA) is 35.5 Å². The van der Waals surface area contributed by atoms with Gasteiger partial charge in [-0.25, -0.2) is 4.79 Å². The van der Waals surface area contributed by atoms with Crippen molar-refractivity contribution in [2.75, 3.05) is 13.2 Å². The molecule has 17 heavy (non-hydrogen) atoms. The highest BCUT2D eigenvalue weighted by molar-refractivity contribution is 5.70. The SMILES string of the molecule is CCOC(=O)COCc1cccc(C(C)C)c1. The van der Waals surface area contributed by atoms with Gasteiger partial charge in [-0.1, -0.05) is 38.1 Å². The standard InChI is InChI=1S/C14H20O3/c1-4-17-14(15)10-16-9-12-6-5-7-13(8-12)11(2)3/h5-8,11H,4,9-10H2,1-3H3. The fourth-order valence-electron chi connectivity index (χ4n) is 1.50. The second-order valence-electron chi connectivity index (χ2n) is 4.20. The second-order valence-corrected chi connectivity index (χ2v) is 4.20. The number of carbonyl (C=O) groups is 1. The molecule has 0 bridgehead atoms. The minimum absolute atomic E-state index is 0.0136. The first kappa shape index (κ1) is 13.7. The Morgan fingerprint density at radius 1 is 1.35 bits per heavy atom. The van der Waals surface area contributed by atoms with Crippen LogP contribution in [0.2, 0.25) is 0 Å². The average Bonchev–Trinajstić information content (AvgIpc) is 2.30. The van der Waals surface area contributed by atoms with E-state index >= 15 is 0 Å². The van der Waals surface area contributed by atoms with Crippen molar-refractivity contribution in [1.29, 1.82) is 0 Å². The van der Waals surface area contributed by atoms with Crippen LogP contribution in [-0.4, -0.2) is 19.2 Å². The van der Waals surface area contributed by atoms with Crippen molar-refractivity contribution in [3.05, 3.63) is 35.4 Å². The van der Waals surface area contributed by atoms with Crippen molar-refractivity contribution in [1.82, 2.24) is 0 Å². The zero-order valence-corrected chi connectivity index (χ0v) is 10.7. The highest BCUT2D eigenvalue weighted by Crippen LogP contribution is 2.15. The first-order valence-corrected chi connectivity index (χ1v) is 5.95. The Balaban J connectivity index is 2.41. The smallest absolute Gasteiger partial charge is 0.332 e. The second kappa shape index (κ2) is 7.07. The molecule has 0 aliphatic rings. The number of ether oxygens (including phenoxy) is 2. The molecule has 94 valence electrons. The summed E-state index contributed by atoms with van der Waals surface area (Å²) in [5, 5.41) is 0. The van der Waals surface area contributed by atoms with Crippen LogP contribution in [0.15, 0.2) is 24.3 Å². The largest absolute Gasteiger partial charge is 0.464 e. The van der Waals surface area contributed by atoms with Crippen LogP contribution in [0.1, 0.15) is 37.8 Å². The summed E-state index contributed by atoms with van der Waals surface area (Å²) < 4.78 is 10.1. The molecule has 0 unspecified atom stereocenters. The lowest BCUT2D eigenvalue weighted by Crippen LogP contribution is -2.12. The predicted octanol–water partition coefficient (Wildman–Crippen LogP) is 2.89. The number of carbonyl (C=O) groups excluding carboxylic acids is 1. The van der Waals surface area contributed by atoms with Gasteiger partial charge in [-0.15, -0.1) is 0 Å². The number of benzene rings is 1. The lowest BCUT2D eigenvalue weighted by Gasteiger charge is -2.08. The van der Waals surface area contributed by atoms with Gasteiger partial charge >= 0.3 is 5.97 Å². The van der Waals surface area contributed by atoms with Gasteiger partial charge in [0.15, 0.2) is 0 Å². The molecule has 0 atom stereocenters. The molecule has 3 heteroatoms. The lowest BCUT2D eigenvalue weighted by molar-refractivity contribution is -0.148. The number of hydrogen-bond acceptors (Lipinski definition) is 3. The monoisotopic (exact) mass is 236 g/mol. The molecule has 0 aliphatic carbocycles. The van der Waals surface area contributed by atoms with E-state index in [4.69, 9.17) is 9.47 Å². The third kappa shape index (κ3) is 5.00. The molecule has 3 nitrogen and oxygen atoms in total. The first-order valence-electron chi connectivity index (χ1n) is 5.95. The Morgan fingerprint density at radius 3 is 2.76 bits per heavy atom. The molecule has 0 radical (unpaired) electrons. The highest BCUT2D eigenvalue weighted by Gasteiger charge is 2.03. The van der Waals surface area contributed by atoms with Crippen LogP contribution in [0.5, 0.6) is 0 Å². The summed E-state index contributed by atoms with van der Waals surface area (Å²) in [5.74, 6) is 0.188. The fraction of sp³-hybridized carbons (Fsp3) is 0.500. The van der Waals surface area contributed by atoms with Crippen molar-refractivity contribution in [3.8, 4) is 0 Å². The molecule has 0 aromatic heterocycles. The molecule has 1 aromatic carbocycles. The van der Waals surface area contributed by atoms with Gasteiger partial charge in [-0.2, -0.15) is 0 Å². The molecule has 0 heterocycles. The van der Waals surface area contributed by atoms with E-state index in [0.717, 1.165) is 5.56 Å². The van der Waals surface area contributed by atoms with Gasteiger partial charge in [0.2, 0.25) is 0 Å². The van der Waals surface area contributed by atoms with Crippen LogP contribution in [0, 0.1) is 0 Å². The zero-order chi connectivity index (χ0) is 12.7. The Bertz CT molecular complexity index is 358. The minimum Gasteiger partial charge on any atom is -0.464 e. The first-order chi connectivity index (χ1) is 8.13. The molecule has 1 aromatic rings. The van der Waals surface area contributed by atoms with Crippen molar-refractivity contribution in [3.63, 3.8) is 0 Å². The van der Waals surface area contributed by atoms with E-state index in [9.17, 15) is 4.79 Å². The predicted molar refractivity (Wildman–Crippen MR) is 66.8 cm³/mol. The maximum atomic E-state index is 11.1. The molecule has 0 amide bonds. The van der Waals surface area contributed by atoms with Crippen LogP contribution >= 0.6 is 0 Å². The van der Waals surface area contributed by atoms with E-state index in [2.05, 4.69) is 26.0 Å². The van der Waals surface area contributed by atoms with Gasteiger partial charge in [-0.05, 0) is 24.0 Å². The number of esters is 1. The van der Waals surface area contributed by atoms with Crippen LogP contribution in [0.3, 0.4) is 0 Å². The Labute approximate surface area is 103 Å². The van der Waals surface area contributed by atoms with E-state index in [1.165, 1.54) is 5.56 Å². The molecule has 0 saturated heterocycles. The van der Waals surface area contributed by atoms with E-state index in [1.807, 2.05) is 12.1 Å². The molecular weight excluding hydrogens is 216 g/mol.